The number of nitrogens with one attached hydrogen (secondary N) is 1. The van der Waals surface area contributed by atoms with Crippen LogP contribution in [-0.2, 0) is 0 Å². The molecular weight excluding hydrogens is 208 g/mol. The fraction of sp³-hybridized carbons (Fsp3) is 1.00. The summed E-state index contributed by atoms with van der Waals surface area (Å²) in [6, 6.07) is 0.717. The van der Waals surface area contributed by atoms with Crippen molar-refractivity contribution in [2.45, 2.75) is 51.5 Å². The highest BCUT2D eigenvalue weighted by molar-refractivity contribution is 5.05. The Morgan fingerprint density at radius 3 is 2.65 bits per heavy atom. The van der Waals surface area contributed by atoms with Crippen molar-refractivity contribution in [3.05, 3.63) is 0 Å². The predicted molar refractivity (Wildman–Crippen MR) is 72.1 cm³/mol. The zero-order valence-corrected chi connectivity index (χ0v) is 11.5. The van der Waals surface area contributed by atoms with E-state index in [2.05, 4.69) is 24.2 Å². The lowest BCUT2D eigenvalue weighted by Crippen LogP contribution is -2.44. The van der Waals surface area contributed by atoms with Crippen LogP contribution >= 0.6 is 0 Å². The molecule has 0 radical (unpaired) electrons. The van der Waals surface area contributed by atoms with Gasteiger partial charge < -0.3 is 10.2 Å². The Morgan fingerprint density at radius 1 is 1.29 bits per heavy atom. The van der Waals surface area contributed by atoms with Crippen LogP contribution in [0.15, 0.2) is 0 Å². The van der Waals surface area contributed by atoms with Gasteiger partial charge in [-0.25, -0.2) is 0 Å². The highest BCUT2D eigenvalue weighted by atomic mass is 15.1. The summed E-state index contributed by atoms with van der Waals surface area (Å²) >= 11 is 0. The molecule has 2 heteroatoms. The van der Waals surface area contributed by atoms with Crippen LogP contribution in [0.3, 0.4) is 0 Å². The molecule has 3 aliphatic rings. The largest absolute Gasteiger partial charge is 0.313 e. The summed E-state index contributed by atoms with van der Waals surface area (Å²) in [5.74, 6) is 1.97. The standard InChI is InChI=1S/C15H28N2/c1-12(13-4-3-9-17(2)10-13)16-11-15(7-8-15)14-5-6-14/h12-14,16H,3-11H2,1-2H3. The van der Waals surface area contributed by atoms with Gasteiger partial charge in [-0.2, -0.15) is 0 Å². The van der Waals surface area contributed by atoms with Crippen molar-refractivity contribution in [3.63, 3.8) is 0 Å². The summed E-state index contributed by atoms with van der Waals surface area (Å²) in [7, 11) is 2.27. The second-order valence-corrected chi connectivity index (χ2v) is 6.97. The third kappa shape index (κ3) is 2.68. The molecule has 3 fully saturated rings. The summed E-state index contributed by atoms with van der Waals surface area (Å²) in [5.41, 5.74) is 0.759. The Balaban J connectivity index is 1.44. The van der Waals surface area contributed by atoms with E-state index >= 15 is 0 Å². The smallest absolute Gasteiger partial charge is 0.00794 e. The van der Waals surface area contributed by atoms with E-state index in [1.54, 1.807) is 0 Å². The zero-order valence-electron chi connectivity index (χ0n) is 11.5. The van der Waals surface area contributed by atoms with Gasteiger partial charge in [-0.1, -0.05) is 0 Å². The molecule has 2 aliphatic carbocycles. The molecule has 0 aromatic rings. The van der Waals surface area contributed by atoms with Gasteiger partial charge in [-0.05, 0) is 76.3 Å². The van der Waals surface area contributed by atoms with Crippen LogP contribution in [0.5, 0.6) is 0 Å². The minimum absolute atomic E-state index is 0.717. The topological polar surface area (TPSA) is 15.3 Å². The number of rotatable bonds is 5. The molecule has 3 rings (SSSR count). The molecule has 2 atom stereocenters. The second kappa shape index (κ2) is 4.55. The van der Waals surface area contributed by atoms with Crippen molar-refractivity contribution in [1.29, 1.82) is 0 Å². The number of hydrogen-bond donors (Lipinski definition) is 1. The average Bonchev–Trinajstić information content (AvgIpc) is 3.15. The van der Waals surface area contributed by atoms with Gasteiger partial charge >= 0.3 is 0 Å². The van der Waals surface area contributed by atoms with E-state index < -0.39 is 0 Å². The molecule has 98 valence electrons. The highest BCUT2D eigenvalue weighted by Crippen LogP contribution is 2.60. The van der Waals surface area contributed by atoms with Crippen LogP contribution in [0.2, 0.25) is 0 Å². The fourth-order valence-electron chi connectivity index (χ4n) is 3.73. The van der Waals surface area contributed by atoms with Gasteiger partial charge in [-0.15, -0.1) is 0 Å². The van der Waals surface area contributed by atoms with E-state index in [9.17, 15) is 0 Å². The van der Waals surface area contributed by atoms with E-state index in [1.807, 2.05) is 0 Å². The Morgan fingerprint density at radius 2 is 2.06 bits per heavy atom. The Kier molecular flexibility index (Phi) is 3.20. The number of nitrogens with zero attached hydrogens (tertiary/aromatic N) is 1. The van der Waals surface area contributed by atoms with E-state index in [-0.39, 0.29) is 0 Å². The monoisotopic (exact) mass is 236 g/mol. The first-order valence-electron chi connectivity index (χ1n) is 7.61. The first kappa shape index (κ1) is 12.0. The van der Waals surface area contributed by atoms with Gasteiger partial charge in [0.25, 0.3) is 0 Å². The van der Waals surface area contributed by atoms with Gasteiger partial charge in [-0.3, -0.25) is 0 Å². The molecule has 1 saturated heterocycles. The molecule has 0 amide bonds. The molecule has 0 aromatic heterocycles. The molecule has 0 spiro atoms. The summed E-state index contributed by atoms with van der Waals surface area (Å²) in [4.78, 5) is 2.50. The van der Waals surface area contributed by atoms with Crippen LogP contribution in [0.4, 0.5) is 0 Å². The van der Waals surface area contributed by atoms with Gasteiger partial charge in [0.15, 0.2) is 0 Å². The Hall–Kier alpha value is -0.0800. The third-order valence-corrected chi connectivity index (χ3v) is 5.48. The van der Waals surface area contributed by atoms with Crippen molar-refractivity contribution in [2.75, 3.05) is 26.7 Å². The van der Waals surface area contributed by atoms with Crippen LogP contribution in [-0.4, -0.2) is 37.6 Å². The van der Waals surface area contributed by atoms with Crippen molar-refractivity contribution >= 4 is 0 Å². The van der Waals surface area contributed by atoms with E-state index in [4.69, 9.17) is 0 Å². The summed E-state index contributed by atoms with van der Waals surface area (Å²) in [5, 5.41) is 3.87. The van der Waals surface area contributed by atoms with Crippen LogP contribution in [0, 0.1) is 17.3 Å². The zero-order chi connectivity index (χ0) is 11.9. The maximum absolute atomic E-state index is 3.87. The summed E-state index contributed by atoms with van der Waals surface area (Å²) < 4.78 is 0. The molecule has 0 aromatic carbocycles. The van der Waals surface area contributed by atoms with Crippen molar-refractivity contribution < 1.29 is 0 Å². The average molecular weight is 236 g/mol. The second-order valence-electron chi connectivity index (χ2n) is 6.97. The molecule has 1 heterocycles. The summed E-state index contributed by atoms with van der Waals surface area (Å²) in [6.45, 7) is 6.31. The van der Waals surface area contributed by atoms with E-state index in [1.165, 1.54) is 58.2 Å². The van der Waals surface area contributed by atoms with Gasteiger partial charge in [0.1, 0.15) is 0 Å². The molecule has 0 bridgehead atoms. The molecular formula is C15H28N2. The molecule has 2 unspecified atom stereocenters. The first-order chi connectivity index (χ1) is 8.20. The molecule has 2 nitrogen and oxygen atoms in total. The number of likely N-dealkylation sites (tertiary alicyclic amines) is 1. The maximum Gasteiger partial charge on any atom is 0.00794 e. The predicted octanol–water partition coefficient (Wildman–Crippen LogP) is 2.50. The van der Waals surface area contributed by atoms with Crippen molar-refractivity contribution in [1.82, 2.24) is 10.2 Å². The lowest BCUT2D eigenvalue weighted by Gasteiger charge is -2.34. The Labute approximate surface area is 106 Å². The highest BCUT2D eigenvalue weighted by Gasteiger charge is 2.53. The first-order valence-corrected chi connectivity index (χ1v) is 7.61. The fourth-order valence-corrected chi connectivity index (χ4v) is 3.73. The Bertz CT molecular complexity index is 268. The van der Waals surface area contributed by atoms with Gasteiger partial charge in [0.2, 0.25) is 0 Å². The number of hydrogen-bond acceptors (Lipinski definition) is 2. The maximum atomic E-state index is 3.87. The third-order valence-electron chi connectivity index (χ3n) is 5.48. The minimum Gasteiger partial charge on any atom is -0.313 e. The van der Waals surface area contributed by atoms with Gasteiger partial charge in [0, 0.05) is 19.1 Å². The SMILES string of the molecule is CC(NCC1(C2CC2)CC1)C1CCCN(C)C1. The van der Waals surface area contributed by atoms with E-state index in [0.717, 1.165) is 17.3 Å². The lowest BCUT2D eigenvalue weighted by atomic mass is 9.91. The van der Waals surface area contributed by atoms with Crippen molar-refractivity contribution in [3.8, 4) is 0 Å². The normalized spacial score (nSPS) is 34.6. The molecule has 1 N–H and O–H groups in total. The lowest BCUT2D eigenvalue weighted by molar-refractivity contribution is 0.174. The van der Waals surface area contributed by atoms with Crippen molar-refractivity contribution in [2.24, 2.45) is 17.3 Å². The quantitative estimate of drug-likeness (QED) is 0.789. The van der Waals surface area contributed by atoms with E-state index in [0.29, 0.717) is 6.04 Å². The summed E-state index contributed by atoms with van der Waals surface area (Å²) in [6.07, 6.45) is 8.85. The molecule has 2 saturated carbocycles. The molecule has 17 heavy (non-hydrogen) atoms. The van der Waals surface area contributed by atoms with Crippen LogP contribution in [0.1, 0.15) is 45.4 Å². The number of piperidine rings is 1. The molecule has 1 aliphatic heterocycles. The van der Waals surface area contributed by atoms with Crippen LogP contribution < -0.4 is 5.32 Å². The minimum atomic E-state index is 0.717. The van der Waals surface area contributed by atoms with Gasteiger partial charge in [0.05, 0.1) is 0 Å². The van der Waals surface area contributed by atoms with Crippen LogP contribution in [0.25, 0.3) is 0 Å².